The first-order valence-corrected chi connectivity index (χ1v) is 8.96. The molecule has 4 rings (SSSR count). The molecule has 141 valence electrons. The first kappa shape index (κ1) is 17.9. The van der Waals surface area contributed by atoms with Crippen molar-refractivity contribution in [3.8, 4) is 0 Å². The van der Waals surface area contributed by atoms with Crippen LogP contribution in [0.5, 0.6) is 0 Å². The molecule has 0 bridgehead atoms. The van der Waals surface area contributed by atoms with Crippen molar-refractivity contribution in [3.05, 3.63) is 71.3 Å². The van der Waals surface area contributed by atoms with E-state index in [0.29, 0.717) is 30.4 Å². The summed E-state index contributed by atoms with van der Waals surface area (Å²) in [6.45, 7) is 2.13. The Hall–Kier alpha value is -3.48. The molecule has 0 spiro atoms. The molecular weight excluding hydrogens is 356 g/mol. The summed E-state index contributed by atoms with van der Waals surface area (Å²) in [6, 6.07) is 13.3. The molecule has 1 aliphatic heterocycles. The minimum absolute atomic E-state index is 0.0519. The summed E-state index contributed by atoms with van der Waals surface area (Å²) in [5, 5.41) is 4.68. The van der Waals surface area contributed by atoms with E-state index in [1.54, 1.807) is 17.4 Å². The van der Waals surface area contributed by atoms with Crippen molar-refractivity contribution in [2.75, 3.05) is 0 Å². The van der Waals surface area contributed by atoms with Gasteiger partial charge in [0.25, 0.3) is 5.91 Å². The summed E-state index contributed by atoms with van der Waals surface area (Å²) >= 11 is 0. The molecular formula is C21H19N4O3. The van der Waals surface area contributed by atoms with Crippen molar-refractivity contribution in [2.45, 2.75) is 26.4 Å². The van der Waals surface area contributed by atoms with E-state index in [-0.39, 0.29) is 17.5 Å². The highest BCUT2D eigenvalue weighted by Crippen LogP contribution is 2.30. The molecule has 28 heavy (non-hydrogen) atoms. The van der Waals surface area contributed by atoms with Crippen molar-refractivity contribution in [1.82, 2.24) is 14.7 Å². The topological polar surface area (TPSA) is 98.3 Å². The van der Waals surface area contributed by atoms with Crippen molar-refractivity contribution in [2.24, 2.45) is 5.73 Å². The molecule has 1 aromatic heterocycles. The number of amides is 2. The fourth-order valence-corrected chi connectivity index (χ4v) is 3.64. The van der Waals surface area contributed by atoms with Crippen LogP contribution in [0.4, 0.5) is 0 Å². The summed E-state index contributed by atoms with van der Waals surface area (Å²) in [7, 11) is 0. The van der Waals surface area contributed by atoms with Crippen LogP contribution in [0.25, 0.3) is 10.9 Å². The van der Waals surface area contributed by atoms with Crippen LogP contribution in [-0.2, 0) is 24.3 Å². The molecule has 3 aromatic rings. The van der Waals surface area contributed by atoms with Gasteiger partial charge in [-0.05, 0) is 29.2 Å². The van der Waals surface area contributed by atoms with E-state index < -0.39 is 5.91 Å². The predicted molar refractivity (Wildman–Crippen MR) is 103 cm³/mol. The molecule has 2 N–H and O–H groups in total. The molecule has 1 aliphatic rings. The smallest absolute Gasteiger partial charge is 0.269 e. The Morgan fingerprint density at radius 3 is 2.57 bits per heavy atom. The van der Waals surface area contributed by atoms with Gasteiger partial charge in [0.15, 0.2) is 5.69 Å². The summed E-state index contributed by atoms with van der Waals surface area (Å²) < 4.78 is 1.19. The molecule has 0 saturated heterocycles. The maximum absolute atomic E-state index is 12.7. The van der Waals surface area contributed by atoms with Gasteiger partial charge in [-0.15, -0.1) is 0 Å². The first-order valence-electron chi connectivity index (χ1n) is 8.96. The normalized spacial score (nSPS) is 14.0. The highest BCUT2D eigenvalue weighted by molar-refractivity contribution is 6.08. The summed E-state index contributed by atoms with van der Waals surface area (Å²) in [5.41, 5.74) is 8.84. The Labute approximate surface area is 161 Å². The molecule has 0 unspecified atom stereocenters. The zero-order chi connectivity index (χ0) is 19.8. The average molecular weight is 375 g/mol. The largest absolute Gasteiger partial charge is 0.364 e. The van der Waals surface area contributed by atoms with Crippen molar-refractivity contribution in [3.63, 3.8) is 0 Å². The number of hydrogen-bond acceptors (Lipinski definition) is 4. The standard InChI is InChI=1S/C21H19N4O3/c1-13(26)25-17-9-7-15-8-10-18(27)24(11-14-5-3-2-4-6-14)12-16(15)19(17)20(23-25)21(22)28/h2-7,9-10H,8,11-12H2,1H3,(H2,22,28). The van der Waals surface area contributed by atoms with E-state index in [2.05, 4.69) is 5.10 Å². The van der Waals surface area contributed by atoms with Crippen LogP contribution in [0.2, 0.25) is 0 Å². The van der Waals surface area contributed by atoms with Crippen LogP contribution in [-0.4, -0.2) is 32.4 Å². The van der Waals surface area contributed by atoms with Gasteiger partial charge >= 0.3 is 0 Å². The summed E-state index contributed by atoms with van der Waals surface area (Å²) in [6.07, 6.45) is 2.08. The Morgan fingerprint density at radius 2 is 1.89 bits per heavy atom. The Bertz CT molecular complexity index is 1100. The van der Waals surface area contributed by atoms with E-state index in [1.165, 1.54) is 11.6 Å². The van der Waals surface area contributed by atoms with E-state index in [0.717, 1.165) is 16.7 Å². The molecule has 2 heterocycles. The predicted octanol–water partition coefficient (Wildman–Crippen LogP) is 2.08. The number of carbonyl (C=O) groups is 3. The van der Waals surface area contributed by atoms with Crippen molar-refractivity contribution in [1.29, 1.82) is 0 Å². The molecule has 7 heteroatoms. The number of fused-ring (bicyclic) bond motifs is 3. The lowest BCUT2D eigenvalue weighted by atomic mass is 9.98. The maximum Gasteiger partial charge on any atom is 0.269 e. The van der Waals surface area contributed by atoms with Gasteiger partial charge in [0.1, 0.15) is 0 Å². The lowest BCUT2D eigenvalue weighted by Crippen LogP contribution is -2.29. The first-order chi connectivity index (χ1) is 13.5. The fourth-order valence-electron chi connectivity index (χ4n) is 3.64. The fraction of sp³-hybridized carbons (Fsp3) is 0.190. The molecule has 0 fully saturated rings. The van der Waals surface area contributed by atoms with E-state index in [1.807, 2.05) is 36.4 Å². The van der Waals surface area contributed by atoms with E-state index >= 15 is 0 Å². The number of hydrogen-bond donors (Lipinski definition) is 1. The molecule has 1 radical (unpaired) electrons. The zero-order valence-corrected chi connectivity index (χ0v) is 15.4. The lowest BCUT2D eigenvalue weighted by molar-refractivity contribution is -0.128. The van der Waals surface area contributed by atoms with Crippen LogP contribution in [0.3, 0.4) is 0 Å². The van der Waals surface area contributed by atoms with Gasteiger partial charge in [-0.1, -0.05) is 36.4 Å². The van der Waals surface area contributed by atoms with Gasteiger partial charge in [-0.3, -0.25) is 14.4 Å². The Balaban J connectivity index is 1.86. The number of nitrogens with two attached hydrogens (primary N) is 1. The van der Waals surface area contributed by atoms with Crippen molar-refractivity contribution < 1.29 is 14.4 Å². The third-order valence-electron chi connectivity index (χ3n) is 4.96. The zero-order valence-electron chi connectivity index (χ0n) is 15.4. The lowest BCUT2D eigenvalue weighted by Gasteiger charge is -2.21. The third-order valence-corrected chi connectivity index (χ3v) is 4.96. The second kappa shape index (κ2) is 6.92. The molecule has 7 nitrogen and oxygen atoms in total. The van der Waals surface area contributed by atoms with Crippen LogP contribution in [0.15, 0.2) is 42.5 Å². The molecule has 0 atom stereocenters. The van der Waals surface area contributed by atoms with Gasteiger partial charge in [0, 0.05) is 25.4 Å². The molecule has 2 aromatic carbocycles. The van der Waals surface area contributed by atoms with E-state index in [9.17, 15) is 14.4 Å². The Morgan fingerprint density at radius 1 is 1.14 bits per heavy atom. The van der Waals surface area contributed by atoms with Crippen molar-refractivity contribution >= 4 is 28.6 Å². The van der Waals surface area contributed by atoms with E-state index in [4.69, 9.17) is 5.73 Å². The number of rotatable bonds is 3. The Kier molecular flexibility index (Phi) is 4.43. The quantitative estimate of drug-likeness (QED) is 0.758. The van der Waals surface area contributed by atoms with Crippen LogP contribution in [0.1, 0.15) is 38.9 Å². The number of carbonyl (C=O) groups excluding carboxylic acids is 3. The maximum atomic E-state index is 12.7. The SMILES string of the molecule is CC(=O)n1nc(C(N)=O)c2c3c(ccc21)C[CH]C(=O)N(Cc1ccccc1)C3. The van der Waals surface area contributed by atoms with Gasteiger partial charge < -0.3 is 10.6 Å². The molecule has 2 amide bonds. The van der Waals surface area contributed by atoms with Crippen LogP contribution in [0, 0.1) is 6.42 Å². The van der Waals surface area contributed by atoms with Crippen LogP contribution < -0.4 is 5.73 Å². The molecule has 0 aliphatic carbocycles. The molecule has 0 saturated carbocycles. The average Bonchev–Trinajstić information content (AvgIpc) is 3.00. The monoisotopic (exact) mass is 375 g/mol. The van der Waals surface area contributed by atoms with Gasteiger partial charge in [0.2, 0.25) is 11.8 Å². The minimum Gasteiger partial charge on any atom is -0.364 e. The number of nitrogens with zero attached hydrogens (tertiary/aromatic N) is 3. The van der Waals surface area contributed by atoms with Gasteiger partial charge in [-0.25, -0.2) is 0 Å². The van der Waals surface area contributed by atoms with Crippen LogP contribution >= 0.6 is 0 Å². The highest BCUT2D eigenvalue weighted by Gasteiger charge is 2.27. The summed E-state index contributed by atoms with van der Waals surface area (Å²) in [4.78, 5) is 38.4. The second-order valence-electron chi connectivity index (χ2n) is 6.83. The number of primary amides is 1. The van der Waals surface area contributed by atoms with Gasteiger partial charge in [0.05, 0.1) is 11.9 Å². The van der Waals surface area contributed by atoms with Gasteiger partial charge in [-0.2, -0.15) is 9.78 Å². The second-order valence-corrected chi connectivity index (χ2v) is 6.83. The number of benzene rings is 2. The number of aromatic nitrogens is 2. The summed E-state index contributed by atoms with van der Waals surface area (Å²) in [5.74, 6) is -1.09. The minimum atomic E-state index is -0.701. The third kappa shape index (κ3) is 3.05. The highest BCUT2D eigenvalue weighted by atomic mass is 16.2.